The van der Waals surface area contributed by atoms with Crippen LogP contribution in [-0.2, 0) is 9.53 Å². The Kier molecular flexibility index (Phi) is 6.49. The van der Waals surface area contributed by atoms with E-state index in [0.29, 0.717) is 12.6 Å². The van der Waals surface area contributed by atoms with E-state index in [2.05, 4.69) is 0 Å². The molecule has 0 saturated heterocycles. The number of ether oxygens (including phenoxy) is 1. The maximum absolute atomic E-state index is 13.9. The molecule has 1 atom stereocenters. The second kappa shape index (κ2) is 7.79. The summed E-state index contributed by atoms with van der Waals surface area (Å²) < 4.78 is 56.4. The second-order valence-corrected chi connectivity index (χ2v) is 5.66. The normalized spacial score (nSPS) is 14.1. The van der Waals surface area contributed by atoms with Crippen LogP contribution in [0.25, 0.3) is 0 Å². The number of esters is 1. The number of amides is 1. The number of carbonyl (C=O) groups excluding carboxylic acids is 2. The van der Waals surface area contributed by atoms with E-state index in [0.717, 1.165) is 12.1 Å². The van der Waals surface area contributed by atoms with Gasteiger partial charge in [0.1, 0.15) is 12.4 Å². The quantitative estimate of drug-likeness (QED) is 0.593. The predicted octanol–water partition coefficient (Wildman–Crippen LogP) is 1.80. The first-order chi connectivity index (χ1) is 11.4. The number of rotatable bonds is 6. The van der Waals surface area contributed by atoms with Crippen LogP contribution in [0.4, 0.5) is 23.2 Å². The van der Waals surface area contributed by atoms with Gasteiger partial charge < -0.3 is 20.1 Å². The van der Waals surface area contributed by atoms with Gasteiger partial charge in [0.25, 0.3) is 5.91 Å². The Morgan fingerprint density at radius 2 is 1.88 bits per heavy atom. The molecule has 25 heavy (non-hydrogen) atoms. The van der Waals surface area contributed by atoms with Crippen molar-refractivity contribution in [3.8, 4) is 0 Å². The molecular weight excluding hydrogens is 348 g/mol. The lowest BCUT2D eigenvalue weighted by Gasteiger charge is -2.24. The van der Waals surface area contributed by atoms with Gasteiger partial charge in [0.05, 0.1) is 5.56 Å². The fourth-order valence-electron chi connectivity index (χ4n) is 1.54. The molecule has 0 aliphatic carbocycles. The third-order valence-corrected chi connectivity index (χ3v) is 3.21. The lowest BCUT2D eigenvalue weighted by Crippen LogP contribution is -2.52. The van der Waals surface area contributed by atoms with E-state index in [4.69, 9.17) is 4.74 Å². The fraction of sp³-hybridized carbons (Fsp3) is 0.467. The number of carbonyl (C=O) groups is 2. The van der Waals surface area contributed by atoms with Gasteiger partial charge in [-0.05, 0) is 39.2 Å². The van der Waals surface area contributed by atoms with E-state index < -0.39 is 35.0 Å². The van der Waals surface area contributed by atoms with Gasteiger partial charge in [-0.3, -0.25) is 4.79 Å². The van der Waals surface area contributed by atoms with Gasteiger partial charge >= 0.3 is 12.1 Å². The Labute approximate surface area is 141 Å². The van der Waals surface area contributed by atoms with Crippen molar-refractivity contribution in [2.45, 2.75) is 18.7 Å². The highest BCUT2D eigenvalue weighted by Crippen LogP contribution is 2.31. The first-order valence-electron chi connectivity index (χ1n) is 7.08. The van der Waals surface area contributed by atoms with Crippen molar-refractivity contribution in [3.63, 3.8) is 0 Å². The number of alkyl halides is 3. The predicted molar refractivity (Wildman–Crippen MR) is 80.5 cm³/mol. The van der Waals surface area contributed by atoms with Crippen LogP contribution in [0.3, 0.4) is 0 Å². The van der Waals surface area contributed by atoms with Gasteiger partial charge in [0.2, 0.25) is 5.60 Å². The van der Waals surface area contributed by atoms with Crippen LogP contribution in [0.2, 0.25) is 0 Å². The minimum absolute atomic E-state index is 0.0260. The molecule has 0 aliphatic heterocycles. The van der Waals surface area contributed by atoms with Crippen molar-refractivity contribution in [1.29, 1.82) is 0 Å². The first-order valence-corrected chi connectivity index (χ1v) is 7.08. The number of nitrogens with one attached hydrogen (secondary N) is 1. The molecule has 1 aromatic carbocycles. The van der Waals surface area contributed by atoms with Crippen LogP contribution in [-0.4, -0.2) is 60.9 Å². The molecule has 10 heteroatoms. The maximum Gasteiger partial charge on any atom is 0.426 e. The third kappa shape index (κ3) is 5.40. The second-order valence-electron chi connectivity index (χ2n) is 5.66. The Morgan fingerprint density at radius 3 is 2.36 bits per heavy atom. The highest BCUT2D eigenvalue weighted by atomic mass is 19.4. The van der Waals surface area contributed by atoms with Crippen molar-refractivity contribution in [1.82, 2.24) is 4.90 Å². The molecule has 0 radical (unpaired) electrons. The van der Waals surface area contributed by atoms with Crippen LogP contribution >= 0.6 is 0 Å². The van der Waals surface area contributed by atoms with Crippen LogP contribution < -0.4 is 5.32 Å². The van der Waals surface area contributed by atoms with Crippen LogP contribution in [0.5, 0.6) is 0 Å². The fourth-order valence-corrected chi connectivity index (χ4v) is 1.54. The summed E-state index contributed by atoms with van der Waals surface area (Å²) in [6.45, 7) is 0.724. The lowest BCUT2D eigenvalue weighted by molar-refractivity contribution is -0.242. The number of anilines is 1. The van der Waals surface area contributed by atoms with Gasteiger partial charge in [0.15, 0.2) is 0 Å². The molecule has 0 spiro atoms. The largest absolute Gasteiger partial charge is 0.461 e. The SMILES string of the molecule is CN(C)CCOC(=O)c1ccc(NC(=O)C(C)(O)C(F)(F)F)cc1F. The summed E-state index contributed by atoms with van der Waals surface area (Å²) in [5, 5.41) is 11.0. The molecule has 2 N–H and O–H groups in total. The summed E-state index contributed by atoms with van der Waals surface area (Å²) in [6.07, 6.45) is -5.20. The number of likely N-dealkylation sites (N-methyl/N-ethyl adjacent to an activating group) is 1. The summed E-state index contributed by atoms with van der Waals surface area (Å²) in [6, 6.07) is 2.65. The van der Waals surface area contributed by atoms with Gasteiger partial charge in [-0.1, -0.05) is 0 Å². The van der Waals surface area contributed by atoms with Gasteiger partial charge in [-0.2, -0.15) is 13.2 Å². The summed E-state index contributed by atoms with van der Waals surface area (Å²) in [5.41, 5.74) is -4.43. The Morgan fingerprint density at radius 1 is 1.28 bits per heavy atom. The van der Waals surface area contributed by atoms with Crippen LogP contribution in [0.15, 0.2) is 18.2 Å². The number of nitrogens with zero attached hydrogens (tertiary/aromatic N) is 1. The molecule has 6 nitrogen and oxygen atoms in total. The molecule has 1 rings (SSSR count). The number of halogens is 4. The Balaban J connectivity index is 2.82. The molecule has 0 heterocycles. The highest BCUT2D eigenvalue weighted by molar-refractivity contribution is 5.98. The van der Waals surface area contributed by atoms with E-state index >= 15 is 0 Å². The maximum atomic E-state index is 13.9. The van der Waals surface area contributed by atoms with Crippen molar-refractivity contribution in [3.05, 3.63) is 29.6 Å². The summed E-state index contributed by atoms with van der Waals surface area (Å²) in [5.74, 6) is -3.81. The van der Waals surface area contributed by atoms with E-state index in [9.17, 15) is 32.3 Å². The topological polar surface area (TPSA) is 78.9 Å². The average molecular weight is 366 g/mol. The van der Waals surface area contributed by atoms with E-state index in [1.54, 1.807) is 24.3 Å². The number of hydrogen-bond acceptors (Lipinski definition) is 5. The third-order valence-electron chi connectivity index (χ3n) is 3.21. The summed E-state index contributed by atoms with van der Waals surface area (Å²) in [4.78, 5) is 25.0. The van der Waals surface area contributed by atoms with Gasteiger partial charge in [0, 0.05) is 12.2 Å². The van der Waals surface area contributed by atoms with Crippen molar-refractivity contribution >= 4 is 17.6 Å². The van der Waals surface area contributed by atoms with Gasteiger partial charge in [-0.25, -0.2) is 9.18 Å². The highest BCUT2D eigenvalue weighted by Gasteiger charge is 2.55. The molecule has 0 saturated carbocycles. The van der Waals surface area contributed by atoms with Crippen molar-refractivity contribution < 1.29 is 37.0 Å². The lowest BCUT2D eigenvalue weighted by atomic mass is 10.1. The van der Waals surface area contributed by atoms with E-state index in [1.807, 2.05) is 0 Å². The average Bonchev–Trinajstić information content (AvgIpc) is 2.45. The van der Waals surface area contributed by atoms with E-state index in [1.165, 1.54) is 0 Å². The molecule has 1 aromatic rings. The number of aliphatic hydroxyl groups is 1. The zero-order chi connectivity index (χ0) is 19.4. The molecule has 1 amide bonds. The molecule has 0 bridgehead atoms. The molecular formula is C15H18F4N2O4. The van der Waals surface area contributed by atoms with E-state index in [-0.39, 0.29) is 19.2 Å². The molecule has 140 valence electrons. The number of hydrogen-bond donors (Lipinski definition) is 2. The molecule has 1 unspecified atom stereocenters. The minimum Gasteiger partial charge on any atom is -0.461 e. The minimum atomic E-state index is -5.20. The number of benzene rings is 1. The Bertz CT molecular complexity index is 645. The zero-order valence-electron chi connectivity index (χ0n) is 13.8. The monoisotopic (exact) mass is 366 g/mol. The summed E-state index contributed by atoms with van der Waals surface area (Å²) >= 11 is 0. The standard InChI is InChI=1S/C15H18F4N2O4/c1-14(24,15(17,18)19)13(23)20-9-4-5-10(11(16)8-9)12(22)25-7-6-21(2)3/h4-5,8,24H,6-7H2,1-3H3,(H,20,23). The Hall–Kier alpha value is -2.20. The molecule has 0 fully saturated rings. The van der Waals surface area contributed by atoms with Gasteiger partial charge in [-0.15, -0.1) is 0 Å². The van der Waals surface area contributed by atoms with Crippen LogP contribution in [0, 0.1) is 5.82 Å². The molecule has 0 aliphatic rings. The van der Waals surface area contributed by atoms with Crippen molar-refractivity contribution in [2.75, 3.05) is 32.6 Å². The first kappa shape index (κ1) is 20.8. The molecule has 0 aromatic heterocycles. The van der Waals surface area contributed by atoms with Crippen LogP contribution in [0.1, 0.15) is 17.3 Å². The zero-order valence-corrected chi connectivity index (χ0v) is 13.8. The van der Waals surface area contributed by atoms with Crippen molar-refractivity contribution in [2.24, 2.45) is 0 Å². The summed E-state index contributed by atoms with van der Waals surface area (Å²) in [7, 11) is 3.50. The smallest absolute Gasteiger partial charge is 0.426 e.